The van der Waals surface area contributed by atoms with Gasteiger partial charge in [-0.05, 0) is 61.4 Å². The molecule has 2 unspecified atom stereocenters. The van der Waals surface area contributed by atoms with Crippen LogP contribution in [0.4, 0.5) is 37.7 Å². The van der Waals surface area contributed by atoms with E-state index in [0.717, 1.165) is 26.0 Å². The van der Waals surface area contributed by atoms with Crippen molar-refractivity contribution in [3.05, 3.63) is 60.7 Å². The summed E-state index contributed by atoms with van der Waals surface area (Å²) in [5.41, 5.74) is -0.103. The molecule has 0 saturated carbocycles. The molecule has 2 aromatic rings. The fourth-order valence-corrected chi connectivity index (χ4v) is 3.87. The topological polar surface area (TPSA) is 59.1 Å². The van der Waals surface area contributed by atoms with Gasteiger partial charge in [0, 0.05) is 25.2 Å². The summed E-state index contributed by atoms with van der Waals surface area (Å²) in [6.07, 6.45) is -9.50. The van der Waals surface area contributed by atoms with Crippen molar-refractivity contribution in [1.82, 2.24) is 0 Å². The Hall–Kier alpha value is -3.70. The second kappa shape index (κ2) is 12.7. The van der Waals surface area contributed by atoms with Crippen molar-refractivity contribution < 1.29 is 45.4 Å². The maximum absolute atomic E-state index is 14.0. The Bertz CT molecular complexity index is 1010. The van der Waals surface area contributed by atoms with Crippen molar-refractivity contribution in [2.75, 3.05) is 24.0 Å². The van der Waals surface area contributed by atoms with Crippen molar-refractivity contribution in [1.29, 1.82) is 0 Å². The van der Waals surface area contributed by atoms with E-state index in [1.807, 2.05) is 0 Å². The summed E-state index contributed by atoms with van der Waals surface area (Å²) in [6, 6.07) is 6.00. The third-order valence-corrected chi connectivity index (χ3v) is 5.64. The van der Waals surface area contributed by atoms with Crippen LogP contribution in [0.15, 0.2) is 60.7 Å². The highest BCUT2D eigenvalue weighted by molar-refractivity contribution is 5.93. The zero-order valence-corrected chi connectivity index (χ0v) is 21.1. The first-order chi connectivity index (χ1) is 17.7. The predicted octanol–water partition coefficient (Wildman–Crippen LogP) is 6.31. The number of hydrogen-bond acceptors (Lipinski definition) is 4. The molecule has 0 saturated heterocycles. The summed E-state index contributed by atoms with van der Waals surface area (Å²) < 4.78 is 93.7. The van der Waals surface area contributed by atoms with Crippen LogP contribution >= 0.6 is 0 Å². The number of alkyl halides is 6. The third kappa shape index (κ3) is 7.90. The van der Waals surface area contributed by atoms with Gasteiger partial charge < -0.3 is 19.3 Å². The summed E-state index contributed by atoms with van der Waals surface area (Å²) in [6.45, 7) is 1.93. The number of amides is 2. The SMILES string of the molecule is COc1ccc(N(C(C)=O)C(C/C=C/CC(N(C(C)=O)c2ccc(OC)cc2)C(F)(F)F)C(F)(F)F)cc1. The molecule has 0 heterocycles. The molecule has 0 bridgehead atoms. The Morgan fingerprint density at radius 1 is 0.684 bits per heavy atom. The van der Waals surface area contributed by atoms with E-state index < -0.39 is 49.1 Å². The zero-order chi connectivity index (χ0) is 28.7. The van der Waals surface area contributed by atoms with Gasteiger partial charge in [0.25, 0.3) is 0 Å². The highest BCUT2D eigenvalue weighted by atomic mass is 19.4. The molecule has 0 aliphatic rings. The van der Waals surface area contributed by atoms with E-state index in [1.54, 1.807) is 0 Å². The van der Waals surface area contributed by atoms with E-state index in [0.29, 0.717) is 21.3 Å². The van der Waals surface area contributed by atoms with Crippen LogP contribution in [-0.2, 0) is 9.59 Å². The highest BCUT2D eigenvalue weighted by Gasteiger charge is 2.46. The van der Waals surface area contributed by atoms with Gasteiger partial charge in [0.15, 0.2) is 0 Å². The monoisotopic (exact) mass is 546 g/mol. The number of ether oxygens (including phenoxy) is 2. The maximum atomic E-state index is 14.0. The molecule has 0 spiro atoms. The molecule has 12 heteroatoms. The van der Waals surface area contributed by atoms with Crippen molar-refractivity contribution in [3.8, 4) is 11.5 Å². The van der Waals surface area contributed by atoms with Gasteiger partial charge in [-0.2, -0.15) is 26.3 Å². The molecular formula is C26H28F6N2O4. The second-order valence-corrected chi connectivity index (χ2v) is 8.23. The van der Waals surface area contributed by atoms with Crippen LogP contribution in [0.2, 0.25) is 0 Å². The molecular weight excluding hydrogens is 518 g/mol. The maximum Gasteiger partial charge on any atom is 0.409 e. The normalized spacial score (nSPS) is 13.6. The van der Waals surface area contributed by atoms with Crippen molar-refractivity contribution in [2.24, 2.45) is 0 Å². The van der Waals surface area contributed by atoms with Crippen LogP contribution < -0.4 is 19.3 Å². The van der Waals surface area contributed by atoms with Crippen LogP contribution in [-0.4, -0.2) is 50.5 Å². The van der Waals surface area contributed by atoms with Crippen LogP contribution in [0.3, 0.4) is 0 Å². The number of carbonyl (C=O) groups excluding carboxylic acids is 2. The van der Waals surface area contributed by atoms with E-state index in [-0.39, 0.29) is 11.4 Å². The summed E-state index contributed by atoms with van der Waals surface area (Å²) >= 11 is 0. The molecule has 0 aromatic heterocycles. The van der Waals surface area contributed by atoms with Crippen LogP contribution in [0.5, 0.6) is 11.5 Å². The molecule has 0 fully saturated rings. The van der Waals surface area contributed by atoms with E-state index in [2.05, 4.69) is 0 Å². The highest BCUT2D eigenvalue weighted by Crippen LogP contribution is 2.34. The van der Waals surface area contributed by atoms with Crippen LogP contribution in [0.25, 0.3) is 0 Å². The number of anilines is 2. The molecule has 38 heavy (non-hydrogen) atoms. The fraction of sp³-hybridized carbons (Fsp3) is 0.385. The molecule has 2 rings (SSSR count). The summed E-state index contributed by atoms with van der Waals surface area (Å²) in [5.74, 6) is -1.07. The molecule has 0 radical (unpaired) electrons. The fourth-order valence-electron chi connectivity index (χ4n) is 3.87. The molecule has 2 atom stereocenters. The summed E-state index contributed by atoms with van der Waals surface area (Å²) in [7, 11) is 2.74. The number of carbonyl (C=O) groups is 2. The minimum atomic E-state index is -4.88. The minimum absolute atomic E-state index is 0.0514. The number of rotatable bonds is 10. The lowest BCUT2D eigenvalue weighted by Crippen LogP contribution is -2.48. The van der Waals surface area contributed by atoms with E-state index in [4.69, 9.17) is 9.47 Å². The van der Waals surface area contributed by atoms with Crippen LogP contribution in [0.1, 0.15) is 26.7 Å². The van der Waals surface area contributed by atoms with Gasteiger partial charge in [0.1, 0.15) is 23.6 Å². The Morgan fingerprint density at radius 3 is 1.18 bits per heavy atom. The minimum Gasteiger partial charge on any atom is -0.497 e. The van der Waals surface area contributed by atoms with Crippen molar-refractivity contribution >= 4 is 23.2 Å². The summed E-state index contributed by atoms with van der Waals surface area (Å²) in [4.78, 5) is 25.5. The zero-order valence-electron chi connectivity index (χ0n) is 21.1. The predicted molar refractivity (Wildman–Crippen MR) is 130 cm³/mol. The van der Waals surface area contributed by atoms with Crippen LogP contribution in [0, 0.1) is 0 Å². The molecule has 0 N–H and O–H groups in total. The van der Waals surface area contributed by atoms with Gasteiger partial charge in [-0.1, -0.05) is 12.2 Å². The molecule has 0 aliphatic carbocycles. The first-order valence-corrected chi connectivity index (χ1v) is 11.4. The van der Waals surface area contributed by atoms with Gasteiger partial charge in [0.2, 0.25) is 11.8 Å². The summed E-state index contributed by atoms with van der Waals surface area (Å²) in [5, 5.41) is 0. The van der Waals surface area contributed by atoms with E-state index >= 15 is 0 Å². The van der Waals surface area contributed by atoms with Crippen molar-refractivity contribution in [3.63, 3.8) is 0 Å². The standard InChI is InChI=1S/C26H28F6N2O4/c1-17(35)33(19-9-13-21(37-3)14-10-19)23(25(27,28)29)7-5-6-8-24(26(30,31)32)34(18(2)36)20-11-15-22(38-4)16-12-20/h5-6,9-16,23-24H,7-8H2,1-4H3/b6-5+. The average Bonchev–Trinajstić information content (AvgIpc) is 2.83. The molecule has 2 aromatic carbocycles. The van der Waals surface area contributed by atoms with Gasteiger partial charge >= 0.3 is 12.4 Å². The first kappa shape index (κ1) is 30.5. The van der Waals surface area contributed by atoms with Crippen molar-refractivity contribution in [2.45, 2.75) is 51.1 Å². The largest absolute Gasteiger partial charge is 0.497 e. The lowest BCUT2D eigenvalue weighted by Gasteiger charge is -2.33. The van der Waals surface area contributed by atoms with E-state index in [1.165, 1.54) is 62.8 Å². The quantitative estimate of drug-likeness (QED) is 0.259. The molecule has 6 nitrogen and oxygen atoms in total. The van der Waals surface area contributed by atoms with Gasteiger partial charge in [-0.15, -0.1) is 0 Å². The van der Waals surface area contributed by atoms with E-state index in [9.17, 15) is 35.9 Å². The number of hydrogen-bond donors (Lipinski definition) is 0. The Kier molecular flexibility index (Phi) is 10.2. The number of methoxy groups -OCH3 is 2. The Balaban J connectivity index is 2.33. The molecule has 0 aliphatic heterocycles. The molecule has 208 valence electrons. The first-order valence-electron chi connectivity index (χ1n) is 11.4. The number of nitrogens with zero attached hydrogens (tertiary/aromatic N) is 2. The number of benzene rings is 2. The Labute approximate surface area is 216 Å². The number of halogens is 6. The van der Waals surface area contributed by atoms with Gasteiger partial charge in [-0.25, -0.2) is 0 Å². The smallest absolute Gasteiger partial charge is 0.409 e. The third-order valence-electron chi connectivity index (χ3n) is 5.64. The Morgan fingerprint density at radius 2 is 0.974 bits per heavy atom. The second-order valence-electron chi connectivity index (χ2n) is 8.23. The lowest BCUT2D eigenvalue weighted by molar-refractivity contribution is -0.153. The average molecular weight is 547 g/mol. The lowest BCUT2D eigenvalue weighted by atomic mass is 10.1. The van der Waals surface area contributed by atoms with Gasteiger partial charge in [-0.3, -0.25) is 9.59 Å². The molecule has 2 amide bonds. The van der Waals surface area contributed by atoms with Gasteiger partial charge in [0.05, 0.1) is 14.2 Å².